The van der Waals surface area contributed by atoms with Gasteiger partial charge in [0.25, 0.3) is 0 Å². The molecule has 0 aliphatic heterocycles. The topological polar surface area (TPSA) is 114 Å². The summed E-state index contributed by atoms with van der Waals surface area (Å²) in [6.45, 7) is 1.44. The van der Waals surface area contributed by atoms with E-state index in [1.807, 2.05) is 0 Å². The zero-order valence-electron chi connectivity index (χ0n) is 21.2. The number of halogens is 1. The molecule has 3 N–H and O–H groups in total. The zero-order chi connectivity index (χ0) is 27.4. The minimum absolute atomic E-state index is 0.384. The Bertz CT molecular complexity index is 1340. The molecule has 3 aromatic rings. The number of ketones is 1. The lowest BCUT2D eigenvalue weighted by atomic mass is 9.61. The van der Waals surface area contributed by atoms with Gasteiger partial charge >= 0.3 is 0 Å². The number of nitrogens with one attached hydrogen (secondary N) is 2. The second-order valence-electron chi connectivity index (χ2n) is 9.41. The van der Waals surface area contributed by atoms with Crippen LogP contribution in [0.1, 0.15) is 24.8 Å². The van der Waals surface area contributed by atoms with Gasteiger partial charge in [-0.15, -0.1) is 0 Å². The molecule has 38 heavy (non-hydrogen) atoms. The highest BCUT2D eigenvalue weighted by molar-refractivity contribution is 6.30. The van der Waals surface area contributed by atoms with E-state index in [1.165, 1.54) is 21.1 Å². The number of anilines is 2. The van der Waals surface area contributed by atoms with Crippen molar-refractivity contribution in [2.24, 2.45) is 11.8 Å². The van der Waals surface area contributed by atoms with Gasteiger partial charge in [-0.2, -0.15) is 0 Å². The van der Waals surface area contributed by atoms with Crippen molar-refractivity contribution in [3.63, 3.8) is 0 Å². The van der Waals surface area contributed by atoms with E-state index < -0.39 is 41.0 Å². The zero-order valence-corrected chi connectivity index (χ0v) is 22.0. The predicted molar refractivity (Wildman–Crippen MR) is 145 cm³/mol. The number of hydrogen-bond acceptors (Lipinski definition) is 6. The highest BCUT2D eigenvalue weighted by atomic mass is 35.5. The number of methoxy groups -OCH3 is 2. The number of carbonyl (C=O) groups excluding carboxylic acids is 3. The molecule has 1 aliphatic rings. The molecule has 0 saturated heterocycles. The molecule has 8 nitrogen and oxygen atoms in total. The number of carbonyl (C=O) groups is 3. The van der Waals surface area contributed by atoms with Gasteiger partial charge in [0, 0.05) is 17.4 Å². The van der Waals surface area contributed by atoms with Gasteiger partial charge in [-0.1, -0.05) is 48.0 Å². The number of rotatable bonds is 7. The lowest BCUT2D eigenvalue weighted by Gasteiger charge is -2.44. The number of aliphatic hydroxyl groups is 1. The maximum absolute atomic E-state index is 13.8. The van der Waals surface area contributed by atoms with E-state index in [0.29, 0.717) is 33.5 Å². The summed E-state index contributed by atoms with van der Waals surface area (Å²) in [5.74, 6) is -4.22. The first kappa shape index (κ1) is 27.2. The highest BCUT2D eigenvalue weighted by Crippen LogP contribution is 2.47. The fourth-order valence-electron chi connectivity index (χ4n) is 5.09. The quantitative estimate of drug-likeness (QED) is 0.378. The molecule has 1 saturated carbocycles. The summed E-state index contributed by atoms with van der Waals surface area (Å²) in [5, 5.41) is 17.5. The van der Waals surface area contributed by atoms with Crippen molar-refractivity contribution < 1.29 is 29.0 Å². The van der Waals surface area contributed by atoms with E-state index in [2.05, 4.69) is 10.6 Å². The van der Waals surface area contributed by atoms with Crippen LogP contribution in [-0.2, 0) is 14.4 Å². The first-order chi connectivity index (χ1) is 18.2. The summed E-state index contributed by atoms with van der Waals surface area (Å²) in [6, 6.07) is 20.2. The minimum Gasteiger partial charge on any atom is -0.495 e. The van der Waals surface area contributed by atoms with Crippen LogP contribution in [-0.4, -0.2) is 42.5 Å². The van der Waals surface area contributed by atoms with Crippen molar-refractivity contribution in [3.05, 3.63) is 83.4 Å². The first-order valence-electron chi connectivity index (χ1n) is 12.0. The minimum atomic E-state index is -1.74. The van der Waals surface area contributed by atoms with Crippen molar-refractivity contribution in [2.45, 2.75) is 24.9 Å². The Morgan fingerprint density at radius 1 is 0.868 bits per heavy atom. The normalized spacial score (nSPS) is 22.9. The molecule has 0 unspecified atom stereocenters. The SMILES string of the molecule is COc1ccccc1NC(=O)[C@H]1C(=O)C[C@@](C)(O)[C@@H](C(=O)Nc2ccccc2OC)[C@H]1c1ccc(Cl)cc1. The lowest BCUT2D eigenvalue weighted by Crippen LogP contribution is -2.56. The van der Waals surface area contributed by atoms with Crippen LogP contribution in [0.5, 0.6) is 11.5 Å². The molecule has 0 aromatic heterocycles. The molecule has 198 valence electrons. The maximum Gasteiger partial charge on any atom is 0.235 e. The van der Waals surface area contributed by atoms with Crippen LogP contribution in [0, 0.1) is 11.8 Å². The Morgan fingerprint density at radius 2 is 1.37 bits per heavy atom. The fraction of sp³-hybridized carbons (Fsp3) is 0.276. The van der Waals surface area contributed by atoms with Crippen molar-refractivity contribution >= 4 is 40.6 Å². The molecule has 1 aliphatic carbocycles. The van der Waals surface area contributed by atoms with Gasteiger partial charge in [0.15, 0.2) is 0 Å². The predicted octanol–water partition coefficient (Wildman–Crippen LogP) is 4.67. The number of ether oxygens (including phenoxy) is 2. The van der Waals surface area contributed by atoms with Gasteiger partial charge in [0.1, 0.15) is 23.2 Å². The third kappa shape index (κ3) is 5.51. The molecule has 4 rings (SSSR count). The fourth-order valence-corrected chi connectivity index (χ4v) is 5.22. The Kier molecular flexibility index (Phi) is 8.04. The van der Waals surface area contributed by atoms with Gasteiger partial charge in [-0.3, -0.25) is 14.4 Å². The Hall–Kier alpha value is -3.88. The highest BCUT2D eigenvalue weighted by Gasteiger charge is 2.56. The number of para-hydroxylation sites is 4. The Balaban J connectivity index is 1.78. The summed E-state index contributed by atoms with van der Waals surface area (Å²) in [5.41, 5.74) is -0.440. The van der Waals surface area contributed by atoms with Crippen LogP contribution < -0.4 is 20.1 Å². The molecule has 1 fully saturated rings. The molecule has 0 bridgehead atoms. The van der Waals surface area contributed by atoms with Crippen LogP contribution in [0.2, 0.25) is 5.02 Å². The standard InChI is InChI=1S/C29H29ClN2O6/c1-29(36)16-21(33)25(27(34)31-19-8-4-6-10-22(19)37-2)24(17-12-14-18(30)15-13-17)26(29)28(35)32-20-9-5-7-11-23(20)38-3/h4-15,24-26,36H,16H2,1-3H3,(H,31,34)(H,32,35)/t24-,25-,26+,29+/m0/s1. The van der Waals surface area contributed by atoms with Crippen LogP contribution in [0.15, 0.2) is 72.8 Å². The van der Waals surface area contributed by atoms with Crippen LogP contribution in [0.4, 0.5) is 11.4 Å². The average molecular weight is 537 g/mol. The first-order valence-corrected chi connectivity index (χ1v) is 12.4. The van der Waals surface area contributed by atoms with Crippen LogP contribution in [0.25, 0.3) is 0 Å². The molecular weight excluding hydrogens is 508 g/mol. The second-order valence-corrected chi connectivity index (χ2v) is 9.85. The van der Waals surface area contributed by atoms with E-state index in [1.54, 1.807) is 72.8 Å². The smallest absolute Gasteiger partial charge is 0.235 e. The van der Waals surface area contributed by atoms with E-state index in [0.717, 1.165) is 0 Å². The van der Waals surface area contributed by atoms with E-state index in [-0.39, 0.29) is 6.42 Å². The molecule has 4 atom stereocenters. The van der Waals surface area contributed by atoms with Gasteiger partial charge in [-0.05, 0) is 48.9 Å². The summed E-state index contributed by atoms with van der Waals surface area (Å²) < 4.78 is 10.7. The number of benzene rings is 3. The molecule has 3 aromatic carbocycles. The van der Waals surface area contributed by atoms with Crippen molar-refractivity contribution in [1.82, 2.24) is 0 Å². The monoisotopic (exact) mass is 536 g/mol. The molecule has 0 radical (unpaired) electrons. The third-order valence-electron chi connectivity index (χ3n) is 6.82. The van der Waals surface area contributed by atoms with E-state index >= 15 is 0 Å². The van der Waals surface area contributed by atoms with Gasteiger partial charge in [-0.25, -0.2) is 0 Å². The number of amides is 2. The van der Waals surface area contributed by atoms with Crippen molar-refractivity contribution in [2.75, 3.05) is 24.9 Å². The van der Waals surface area contributed by atoms with Gasteiger partial charge in [0.2, 0.25) is 11.8 Å². The second kappa shape index (κ2) is 11.2. The van der Waals surface area contributed by atoms with Crippen molar-refractivity contribution in [3.8, 4) is 11.5 Å². The Morgan fingerprint density at radius 3 is 1.89 bits per heavy atom. The molecular formula is C29H29ClN2O6. The third-order valence-corrected chi connectivity index (χ3v) is 7.07. The van der Waals surface area contributed by atoms with Crippen LogP contribution in [0.3, 0.4) is 0 Å². The van der Waals surface area contributed by atoms with E-state index in [4.69, 9.17) is 21.1 Å². The van der Waals surface area contributed by atoms with E-state index in [9.17, 15) is 19.5 Å². The molecule has 2 amide bonds. The van der Waals surface area contributed by atoms with Gasteiger partial charge in [0.05, 0.1) is 37.1 Å². The molecule has 0 heterocycles. The van der Waals surface area contributed by atoms with Crippen molar-refractivity contribution in [1.29, 1.82) is 0 Å². The number of Topliss-reactive ketones (excluding diaryl/α,β-unsaturated/α-hetero) is 1. The van der Waals surface area contributed by atoms with Gasteiger partial charge < -0.3 is 25.2 Å². The molecule has 0 spiro atoms. The van der Waals surface area contributed by atoms with Crippen LogP contribution >= 0.6 is 11.6 Å². The largest absolute Gasteiger partial charge is 0.495 e. The summed E-state index contributed by atoms with van der Waals surface area (Å²) >= 11 is 6.11. The Labute approximate surface area is 225 Å². The molecule has 9 heteroatoms. The summed E-state index contributed by atoms with van der Waals surface area (Å²) in [6.07, 6.45) is -0.384. The summed E-state index contributed by atoms with van der Waals surface area (Å²) in [4.78, 5) is 41.0. The average Bonchev–Trinajstić information content (AvgIpc) is 2.88. The number of hydrogen-bond donors (Lipinski definition) is 3. The summed E-state index contributed by atoms with van der Waals surface area (Å²) in [7, 11) is 2.96. The lowest BCUT2D eigenvalue weighted by molar-refractivity contribution is -0.150. The maximum atomic E-state index is 13.8.